The molecular weight excluding hydrogens is 591 g/mol. The van der Waals surface area contributed by atoms with Gasteiger partial charge in [0.05, 0.1) is 11.3 Å². The van der Waals surface area contributed by atoms with Gasteiger partial charge in [0.1, 0.15) is 5.76 Å². The van der Waals surface area contributed by atoms with Gasteiger partial charge >= 0.3 is 0 Å². The number of pyridine rings is 1. The zero-order valence-corrected chi connectivity index (χ0v) is 21.9. The second-order valence-electron chi connectivity index (χ2n) is 8.69. The quantitative estimate of drug-likeness (QED) is 0.149. The number of nitrogens with zero attached hydrogens (tertiary/aromatic N) is 1. The van der Waals surface area contributed by atoms with E-state index in [2.05, 4.69) is 45.0 Å². The Bertz CT molecular complexity index is 1230. The molecule has 2 aromatic carbocycles. The fourth-order valence-electron chi connectivity index (χ4n) is 3.16. The van der Waals surface area contributed by atoms with Gasteiger partial charge in [-0.1, -0.05) is 57.2 Å². The fraction of sp³-hybridized carbons (Fsp3) is 0.214. The minimum Gasteiger partial charge on any atom is -0.512 e. The SMILES string of the molecule is CC(=O)/C=C(/C)O.CC(C)(C)c1c[c-]c(-c2ccc3oc(-c4ccccc4)cc3n2)cc1.[Ir]. The smallest absolute Gasteiger partial charge is 0.155 e. The van der Waals surface area contributed by atoms with Crippen molar-refractivity contribution < 1.29 is 34.4 Å². The summed E-state index contributed by atoms with van der Waals surface area (Å²) in [5.41, 5.74) is 6.03. The largest absolute Gasteiger partial charge is 0.512 e. The number of rotatable bonds is 3. The summed E-state index contributed by atoms with van der Waals surface area (Å²) in [4.78, 5) is 14.8. The molecule has 0 aliphatic heterocycles. The van der Waals surface area contributed by atoms with Crippen LogP contribution >= 0.6 is 0 Å². The van der Waals surface area contributed by atoms with Crippen LogP contribution in [0.25, 0.3) is 33.7 Å². The van der Waals surface area contributed by atoms with Crippen molar-refractivity contribution in [2.75, 3.05) is 0 Å². The van der Waals surface area contributed by atoms with Crippen LogP contribution in [-0.2, 0) is 30.3 Å². The number of carbonyl (C=O) groups is 1. The van der Waals surface area contributed by atoms with E-state index in [4.69, 9.17) is 14.5 Å². The zero-order chi connectivity index (χ0) is 23.3. The van der Waals surface area contributed by atoms with E-state index in [1.165, 1.54) is 25.5 Å². The Morgan fingerprint density at radius 2 is 1.73 bits per heavy atom. The third-order valence-electron chi connectivity index (χ3n) is 4.80. The van der Waals surface area contributed by atoms with Crippen molar-refractivity contribution in [3.63, 3.8) is 0 Å². The number of fused-ring (bicyclic) bond motifs is 1. The number of furan rings is 1. The van der Waals surface area contributed by atoms with Gasteiger partial charge in [0.2, 0.25) is 0 Å². The van der Waals surface area contributed by atoms with Crippen molar-refractivity contribution in [3.05, 3.63) is 90.2 Å². The first-order valence-electron chi connectivity index (χ1n) is 10.5. The standard InChI is InChI=1S/C23H20NO.C5H8O2.Ir/c1-23(2,3)18-11-9-16(10-12-18)19-13-14-21-20(24-19)15-22(25-21)17-7-5-4-6-8-17;1-4(6)3-5(2)7;/h4-9,11-15H,1-3H3;3,6H,1-2H3;/q-1;;/b;4-3-;. The molecule has 5 heteroatoms. The molecule has 0 aliphatic carbocycles. The minimum atomic E-state index is -0.125. The zero-order valence-electron chi connectivity index (χ0n) is 19.5. The third kappa shape index (κ3) is 7.24. The van der Waals surface area contributed by atoms with Crippen molar-refractivity contribution in [1.82, 2.24) is 4.98 Å². The molecule has 0 spiro atoms. The van der Waals surface area contributed by atoms with E-state index < -0.39 is 0 Å². The van der Waals surface area contributed by atoms with Crippen LogP contribution in [0.2, 0.25) is 0 Å². The monoisotopic (exact) mass is 619 g/mol. The summed E-state index contributed by atoms with van der Waals surface area (Å²) >= 11 is 0. The van der Waals surface area contributed by atoms with Crippen LogP contribution in [0.3, 0.4) is 0 Å². The van der Waals surface area contributed by atoms with Crippen LogP contribution in [0.4, 0.5) is 0 Å². The molecule has 4 aromatic rings. The maximum Gasteiger partial charge on any atom is 0.155 e. The second-order valence-corrected chi connectivity index (χ2v) is 8.69. The van der Waals surface area contributed by atoms with Gasteiger partial charge in [-0.3, -0.25) is 9.78 Å². The van der Waals surface area contributed by atoms with E-state index in [0.717, 1.165) is 33.7 Å². The van der Waals surface area contributed by atoms with Gasteiger partial charge in [0.15, 0.2) is 11.4 Å². The normalized spacial score (nSPS) is 11.4. The van der Waals surface area contributed by atoms with Gasteiger partial charge in [-0.15, -0.1) is 35.4 Å². The molecule has 4 nitrogen and oxygen atoms in total. The van der Waals surface area contributed by atoms with E-state index >= 15 is 0 Å². The molecule has 2 heterocycles. The molecule has 0 saturated carbocycles. The first-order chi connectivity index (χ1) is 15.1. The minimum absolute atomic E-state index is 0. The number of benzene rings is 2. The van der Waals surface area contributed by atoms with Gasteiger partial charge in [-0.25, -0.2) is 0 Å². The first-order valence-corrected chi connectivity index (χ1v) is 10.5. The van der Waals surface area contributed by atoms with Crippen molar-refractivity contribution in [3.8, 4) is 22.6 Å². The third-order valence-corrected chi connectivity index (χ3v) is 4.80. The second kappa shape index (κ2) is 11.2. The molecule has 0 amide bonds. The van der Waals surface area contributed by atoms with E-state index in [-0.39, 0.29) is 37.1 Å². The van der Waals surface area contributed by atoms with E-state index in [1.807, 2.05) is 48.5 Å². The fourth-order valence-corrected chi connectivity index (χ4v) is 3.16. The molecule has 2 aromatic heterocycles. The summed E-state index contributed by atoms with van der Waals surface area (Å²) in [6, 6.07) is 25.7. The van der Waals surface area contributed by atoms with E-state index in [0.29, 0.717) is 0 Å². The Labute approximate surface area is 208 Å². The molecule has 0 fully saturated rings. The summed E-state index contributed by atoms with van der Waals surface area (Å²) in [6.07, 6.45) is 1.17. The van der Waals surface area contributed by atoms with Gasteiger partial charge in [0, 0.05) is 37.8 Å². The van der Waals surface area contributed by atoms with Crippen LogP contribution in [-0.4, -0.2) is 15.9 Å². The van der Waals surface area contributed by atoms with Gasteiger partial charge in [0.25, 0.3) is 0 Å². The molecule has 173 valence electrons. The molecule has 0 unspecified atom stereocenters. The number of carbonyl (C=O) groups excluding carboxylic acids is 1. The van der Waals surface area contributed by atoms with Gasteiger partial charge in [-0.2, -0.15) is 0 Å². The number of aliphatic hydroxyl groups is 1. The molecule has 0 saturated heterocycles. The Balaban J connectivity index is 0.000000423. The molecule has 4 rings (SSSR count). The number of allylic oxidation sites excluding steroid dienone is 2. The number of aromatic nitrogens is 1. The summed E-state index contributed by atoms with van der Waals surface area (Å²) in [7, 11) is 0. The van der Waals surface area contributed by atoms with Crippen LogP contribution < -0.4 is 0 Å². The molecule has 0 bridgehead atoms. The molecule has 1 N–H and O–H groups in total. The predicted molar refractivity (Wildman–Crippen MR) is 129 cm³/mol. The van der Waals surface area contributed by atoms with Gasteiger partial charge in [-0.05, 0) is 31.0 Å². The average Bonchev–Trinajstić information content (AvgIpc) is 3.17. The Hall–Kier alpha value is -3.01. The van der Waals surface area contributed by atoms with Crippen molar-refractivity contribution in [2.24, 2.45) is 0 Å². The van der Waals surface area contributed by atoms with Crippen molar-refractivity contribution in [1.29, 1.82) is 0 Å². The number of hydrogen-bond donors (Lipinski definition) is 1. The maximum absolute atomic E-state index is 10.0. The number of hydrogen-bond acceptors (Lipinski definition) is 4. The average molecular weight is 619 g/mol. The molecule has 33 heavy (non-hydrogen) atoms. The number of ketones is 1. The summed E-state index contributed by atoms with van der Waals surface area (Å²) in [5.74, 6) is 0.778. The van der Waals surface area contributed by atoms with Crippen LogP contribution in [0.5, 0.6) is 0 Å². The van der Waals surface area contributed by atoms with Crippen LogP contribution in [0, 0.1) is 6.07 Å². The molecular formula is C28H28IrNO3-. The Kier molecular flexibility index (Phi) is 8.92. The van der Waals surface area contributed by atoms with Crippen molar-refractivity contribution >= 4 is 16.9 Å². The molecule has 1 radical (unpaired) electrons. The maximum atomic E-state index is 10.0. The predicted octanol–water partition coefficient (Wildman–Crippen LogP) is 7.29. The Morgan fingerprint density at radius 3 is 2.24 bits per heavy atom. The number of aliphatic hydroxyl groups excluding tert-OH is 1. The van der Waals surface area contributed by atoms with Gasteiger partial charge < -0.3 is 9.52 Å². The van der Waals surface area contributed by atoms with E-state index in [1.54, 1.807) is 0 Å². The first kappa shape index (κ1) is 26.2. The Morgan fingerprint density at radius 1 is 1.03 bits per heavy atom. The van der Waals surface area contributed by atoms with Crippen LogP contribution in [0.1, 0.15) is 40.2 Å². The van der Waals surface area contributed by atoms with Crippen LogP contribution in [0.15, 0.2) is 83.0 Å². The summed E-state index contributed by atoms with van der Waals surface area (Å²) < 4.78 is 5.94. The molecule has 0 atom stereocenters. The van der Waals surface area contributed by atoms with E-state index in [9.17, 15) is 4.79 Å². The summed E-state index contributed by atoms with van der Waals surface area (Å²) in [5, 5.41) is 8.36. The topological polar surface area (TPSA) is 63.3 Å². The van der Waals surface area contributed by atoms with Crippen molar-refractivity contribution in [2.45, 2.75) is 40.0 Å². The summed E-state index contributed by atoms with van der Waals surface area (Å²) in [6.45, 7) is 9.46. The molecule has 0 aliphatic rings.